The third kappa shape index (κ3) is 5.97. The molecule has 1 aromatic carbocycles. The Hall–Kier alpha value is -4.21. The second-order valence-corrected chi connectivity index (χ2v) is 9.01. The fourth-order valence-electron chi connectivity index (χ4n) is 3.22. The van der Waals surface area contributed by atoms with Crippen LogP contribution in [0.2, 0.25) is 0 Å². The van der Waals surface area contributed by atoms with Gasteiger partial charge in [-0.3, -0.25) is 15.4 Å². The number of aromatic amines is 1. The molecule has 3 heterocycles. The van der Waals surface area contributed by atoms with E-state index in [0.717, 1.165) is 17.8 Å². The van der Waals surface area contributed by atoms with Gasteiger partial charge < -0.3 is 14.5 Å². The maximum Gasteiger partial charge on any atom is 0.324 e. The first-order valence-electron chi connectivity index (χ1n) is 10.6. The molecule has 3 N–H and O–H groups in total. The van der Waals surface area contributed by atoms with Crippen LogP contribution in [-0.2, 0) is 6.42 Å². The molecule has 0 spiro atoms. The van der Waals surface area contributed by atoms with E-state index >= 15 is 0 Å². The largest absolute Gasteiger partial charge is 0.457 e. The van der Waals surface area contributed by atoms with Crippen molar-refractivity contribution in [2.45, 2.75) is 34.1 Å². The molecule has 4 rings (SSSR count). The van der Waals surface area contributed by atoms with Crippen LogP contribution in [0.5, 0.6) is 11.5 Å². The Morgan fingerprint density at radius 2 is 1.94 bits per heavy atom. The highest BCUT2D eigenvalue weighted by molar-refractivity contribution is 5.99. The number of amides is 2. The Balaban J connectivity index is 1.38. The zero-order valence-corrected chi connectivity index (χ0v) is 19.3. The second kappa shape index (κ2) is 9.34. The van der Waals surface area contributed by atoms with E-state index in [9.17, 15) is 9.18 Å². The summed E-state index contributed by atoms with van der Waals surface area (Å²) >= 11 is 0. The number of aryl methyl sites for hydroxylation is 1. The molecule has 0 aliphatic rings. The van der Waals surface area contributed by atoms with Crippen molar-refractivity contribution in [2.75, 3.05) is 10.6 Å². The molecule has 0 saturated heterocycles. The first kappa shape index (κ1) is 23.0. The predicted molar refractivity (Wildman–Crippen MR) is 125 cm³/mol. The van der Waals surface area contributed by atoms with E-state index in [2.05, 4.69) is 51.6 Å². The van der Waals surface area contributed by atoms with E-state index in [1.54, 1.807) is 30.5 Å². The van der Waals surface area contributed by atoms with Gasteiger partial charge >= 0.3 is 6.03 Å². The summed E-state index contributed by atoms with van der Waals surface area (Å²) in [5, 5.41) is 12.0. The van der Waals surface area contributed by atoms with Gasteiger partial charge in [-0.1, -0.05) is 20.8 Å². The highest BCUT2D eigenvalue weighted by Crippen LogP contribution is 2.28. The number of anilines is 2. The van der Waals surface area contributed by atoms with Crippen LogP contribution in [0.3, 0.4) is 0 Å². The molecule has 0 atom stereocenters. The quantitative estimate of drug-likeness (QED) is 0.325. The van der Waals surface area contributed by atoms with Crippen LogP contribution >= 0.6 is 0 Å². The molecular formula is C24H25FN6O3. The average molecular weight is 465 g/mol. The van der Waals surface area contributed by atoms with Crippen LogP contribution in [-0.4, -0.2) is 26.2 Å². The molecule has 0 bridgehead atoms. The number of nitrogens with zero attached hydrogens (tertiary/aromatic N) is 3. The van der Waals surface area contributed by atoms with Gasteiger partial charge in [0.05, 0.1) is 11.4 Å². The third-order valence-corrected chi connectivity index (χ3v) is 4.59. The molecule has 9 nitrogen and oxygen atoms in total. The maximum atomic E-state index is 14.6. The molecule has 10 heteroatoms. The van der Waals surface area contributed by atoms with Crippen LogP contribution < -0.4 is 15.4 Å². The van der Waals surface area contributed by atoms with Gasteiger partial charge in [-0.25, -0.2) is 14.2 Å². The lowest BCUT2D eigenvalue weighted by Crippen LogP contribution is -2.20. The van der Waals surface area contributed by atoms with E-state index in [0.29, 0.717) is 23.2 Å². The number of urea groups is 1. The summed E-state index contributed by atoms with van der Waals surface area (Å²) in [6.45, 7) is 8.13. The number of benzene rings is 1. The lowest BCUT2D eigenvalue weighted by Gasteiger charge is -2.15. The van der Waals surface area contributed by atoms with Crippen LogP contribution in [0.4, 0.5) is 20.7 Å². The summed E-state index contributed by atoms with van der Waals surface area (Å²) < 4.78 is 25.7. The number of H-pyrrole nitrogens is 1. The van der Waals surface area contributed by atoms with Gasteiger partial charge in [-0.15, -0.1) is 0 Å². The molecule has 0 fully saturated rings. The molecule has 0 unspecified atom stereocenters. The lowest BCUT2D eigenvalue weighted by molar-refractivity contribution is 0.262. The Morgan fingerprint density at radius 3 is 2.65 bits per heavy atom. The number of halogens is 1. The number of nitrogens with one attached hydrogen (secondary N) is 3. The number of carbonyl (C=O) groups excluding carboxylic acids is 1. The Morgan fingerprint density at radius 1 is 1.15 bits per heavy atom. The average Bonchev–Trinajstić information content (AvgIpc) is 3.37. The number of hydrogen-bond donors (Lipinski definition) is 3. The van der Waals surface area contributed by atoms with Gasteiger partial charge in [0.1, 0.15) is 29.3 Å². The van der Waals surface area contributed by atoms with Crippen molar-refractivity contribution in [2.24, 2.45) is 5.41 Å². The molecule has 4 aromatic rings. The van der Waals surface area contributed by atoms with Gasteiger partial charge in [0.25, 0.3) is 0 Å². The monoisotopic (exact) mass is 464 g/mol. The minimum atomic E-state index is -0.652. The summed E-state index contributed by atoms with van der Waals surface area (Å²) in [6, 6.07) is 8.56. The number of ether oxygens (including phenoxy) is 1. The fourth-order valence-corrected chi connectivity index (χ4v) is 3.22. The van der Waals surface area contributed by atoms with Crippen molar-refractivity contribution in [1.82, 2.24) is 20.2 Å². The van der Waals surface area contributed by atoms with Crippen molar-refractivity contribution in [1.29, 1.82) is 0 Å². The summed E-state index contributed by atoms with van der Waals surface area (Å²) in [4.78, 5) is 20.7. The number of hydrogen-bond acceptors (Lipinski definition) is 6. The van der Waals surface area contributed by atoms with E-state index in [1.807, 2.05) is 6.92 Å². The number of rotatable bonds is 6. The first-order valence-corrected chi connectivity index (χ1v) is 10.6. The van der Waals surface area contributed by atoms with Gasteiger partial charge in [-0.2, -0.15) is 5.10 Å². The van der Waals surface area contributed by atoms with Gasteiger partial charge in [0, 0.05) is 30.1 Å². The van der Waals surface area contributed by atoms with E-state index < -0.39 is 11.8 Å². The van der Waals surface area contributed by atoms with E-state index in [4.69, 9.17) is 9.15 Å². The molecule has 0 aliphatic carbocycles. The topological polar surface area (TPSA) is 118 Å². The van der Waals surface area contributed by atoms with Crippen molar-refractivity contribution < 1.29 is 18.3 Å². The van der Waals surface area contributed by atoms with Crippen LogP contribution in [0.15, 0.2) is 53.3 Å². The standard InChI is InChI=1S/C24H25FN6O3/c1-14-13-33-22(27-14)20-11-17(7-8-26-20)34-16-5-6-19(18(25)10-16)28-23(32)29-21-9-15(30-31-21)12-24(2,3)4/h5-11,13H,12H2,1-4H3,(H3,28,29,30,31,32). The van der Waals surface area contributed by atoms with Crippen LogP contribution in [0, 0.1) is 18.2 Å². The Bertz CT molecular complexity index is 1310. The zero-order chi connectivity index (χ0) is 24.3. The zero-order valence-electron chi connectivity index (χ0n) is 19.3. The van der Waals surface area contributed by atoms with E-state index in [1.165, 1.54) is 18.4 Å². The number of carbonyl (C=O) groups is 1. The van der Waals surface area contributed by atoms with Crippen molar-refractivity contribution in [3.63, 3.8) is 0 Å². The van der Waals surface area contributed by atoms with Crippen molar-refractivity contribution >= 4 is 17.5 Å². The second-order valence-electron chi connectivity index (χ2n) is 9.01. The van der Waals surface area contributed by atoms with Crippen LogP contribution in [0.25, 0.3) is 11.6 Å². The first-order chi connectivity index (χ1) is 16.1. The minimum absolute atomic E-state index is 0.000906. The molecule has 3 aromatic heterocycles. The smallest absolute Gasteiger partial charge is 0.324 e. The number of oxazole rings is 1. The molecule has 0 aliphatic heterocycles. The Labute approximate surface area is 195 Å². The third-order valence-electron chi connectivity index (χ3n) is 4.59. The SMILES string of the molecule is Cc1coc(-c2cc(Oc3ccc(NC(=O)Nc4cc(CC(C)(C)C)[nH]n4)c(F)c3)ccn2)n1. The summed E-state index contributed by atoms with van der Waals surface area (Å²) in [6.07, 6.45) is 3.84. The summed E-state index contributed by atoms with van der Waals surface area (Å²) in [5.74, 6) is 0.751. The fraction of sp³-hybridized carbons (Fsp3) is 0.250. The minimum Gasteiger partial charge on any atom is -0.457 e. The van der Waals surface area contributed by atoms with Crippen molar-refractivity contribution in [3.8, 4) is 23.1 Å². The molecule has 176 valence electrons. The summed E-state index contributed by atoms with van der Waals surface area (Å²) in [5.41, 5.74) is 2.19. The van der Waals surface area contributed by atoms with Gasteiger partial charge in [0.15, 0.2) is 5.82 Å². The maximum absolute atomic E-state index is 14.6. The molecular weight excluding hydrogens is 439 g/mol. The van der Waals surface area contributed by atoms with E-state index in [-0.39, 0.29) is 16.9 Å². The molecule has 2 amide bonds. The number of aromatic nitrogens is 4. The van der Waals surface area contributed by atoms with Gasteiger partial charge in [0.2, 0.25) is 5.89 Å². The number of pyridine rings is 1. The Kier molecular flexibility index (Phi) is 6.31. The molecule has 0 saturated carbocycles. The van der Waals surface area contributed by atoms with Crippen molar-refractivity contribution in [3.05, 3.63) is 66.1 Å². The predicted octanol–water partition coefficient (Wildman–Crippen LogP) is 5.93. The van der Waals surface area contributed by atoms with Crippen LogP contribution in [0.1, 0.15) is 32.2 Å². The van der Waals surface area contributed by atoms with Gasteiger partial charge in [-0.05, 0) is 37.0 Å². The highest BCUT2D eigenvalue weighted by atomic mass is 19.1. The highest BCUT2D eigenvalue weighted by Gasteiger charge is 2.15. The molecule has 0 radical (unpaired) electrons. The molecule has 34 heavy (non-hydrogen) atoms. The summed E-state index contributed by atoms with van der Waals surface area (Å²) in [7, 11) is 0. The normalized spacial score (nSPS) is 11.3. The lowest BCUT2D eigenvalue weighted by atomic mass is 9.91.